The first-order chi connectivity index (χ1) is 14.7. The normalized spacial score (nSPS) is 11.2. The first-order valence-electron chi connectivity index (χ1n) is 9.77. The summed E-state index contributed by atoms with van der Waals surface area (Å²) >= 11 is 0. The number of carbonyl (C=O) groups is 2. The highest BCUT2D eigenvalue weighted by molar-refractivity contribution is 6.04. The number of aromatic nitrogens is 1. The molecule has 158 valence electrons. The van der Waals surface area contributed by atoms with E-state index in [9.17, 15) is 14.9 Å². The van der Waals surface area contributed by atoms with Gasteiger partial charge in [0.05, 0.1) is 5.56 Å². The zero-order valence-electron chi connectivity index (χ0n) is 18.2. The Kier molecular flexibility index (Phi) is 6.12. The van der Waals surface area contributed by atoms with Crippen molar-refractivity contribution in [1.82, 2.24) is 15.4 Å². The lowest BCUT2D eigenvalue weighted by atomic mass is 10.1. The van der Waals surface area contributed by atoms with Crippen LogP contribution in [0.2, 0.25) is 0 Å². The van der Waals surface area contributed by atoms with Gasteiger partial charge in [0, 0.05) is 17.1 Å². The van der Waals surface area contributed by atoms with Gasteiger partial charge in [-0.3, -0.25) is 20.4 Å². The molecule has 0 unspecified atom stereocenters. The van der Waals surface area contributed by atoms with Crippen molar-refractivity contribution in [2.24, 2.45) is 0 Å². The quantitative estimate of drug-likeness (QED) is 0.382. The maximum atomic E-state index is 12.5. The molecule has 0 atom stereocenters. The number of hydrogen-bond donors (Lipinski definition) is 2. The van der Waals surface area contributed by atoms with Crippen LogP contribution in [0.25, 0.3) is 11.8 Å². The van der Waals surface area contributed by atoms with Crippen molar-refractivity contribution in [3.8, 4) is 11.8 Å². The molecule has 0 bridgehead atoms. The number of para-hydroxylation sites is 1. The van der Waals surface area contributed by atoms with E-state index in [1.54, 1.807) is 19.9 Å². The van der Waals surface area contributed by atoms with Crippen molar-refractivity contribution < 1.29 is 14.0 Å². The van der Waals surface area contributed by atoms with Gasteiger partial charge in [-0.1, -0.05) is 18.2 Å². The predicted molar refractivity (Wildman–Crippen MR) is 117 cm³/mol. The van der Waals surface area contributed by atoms with E-state index in [0.29, 0.717) is 17.1 Å². The average Bonchev–Trinajstić information content (AvgIpc) is 3.21. The number of hydrazine groups is 1. The number of hydrogen-bond acceptors (Lipinski definition) is 4. The van der Waals surface area contributed by atoms with E-state index in [0.717, 1.165) is 28.2 Å². The summed E-state index contributed by atoms with van der Waals surface area (Å²) in [6, 6.07) is 13.4. The van der Waals surface area contributed by atoms with Crippen LogP contribution in [0.3, 0.4) is 0 Å². The summed E-state index contributed by atoms with van der Waals surface area (Å²) in [5.41, 5.74) is 9.61. The Hall–Kier alpha value is -4.05. The molecule has 31 heavy (non-hydrogen) atoms. The van der Waals surface area contributed by atoms with E-state index in [4.69, 9.17) is 4.42 Å². The van der Waals surface area contributed by atoms with Gasteiger partial charge in [-0.25, -0.2) is 0 Å². The number of rotatable bonds is 4. The maximum Gasteiger partial charge on any atom is 0.280 e. The van der Waals surface area contributed by atoms with Crippen LogP contribution in [0.5, 0.6) is 0 Å². The Morgan fingerprint density at radius 1 is 1.06 bits per heavy atom. The van der Waals surface area contributed by atoms with E-state index < -0.39 is 11.8 Å². The molecule has 0 aliphatic carbocycles. The molecule has 0 spiro atoms. The molecule has 0 radical (unpaired) electrons. The number of carbonyl (C=O) groups excluding carboxylic acids is 2. The fourth-order valence-electron chi connectivity index (χ4n) is 3.53. The third kappa shape index (κ3) is 4.43. The van der Waals surface area contributed by atoms with Crippen molar-refractivity contribution in [3.63, 3.8) is 0 Å². The number of benzene rings is 1. The van der Waals surface area contributed by atoms with Gasteiger partial charge in [-0.2, -0.15) is 5.26 Å². The predicted octanol–water partition coefficient (Wildman–Crippen LogP) is 3.98. The minimum absolute atomic E-state index is 0.120. The summed E-state index contributed by atoms with van der Waals surface area (Å²) in [7, 11) is 0. The molecule has 2 N–H and O–H groups in total. The van der Waals surface area contributed by atoms with E-state index in [1.807, 2.05) is 57.2 Å². The van der Waals surface area contributed by atoms with Crippen molar-refractivity contribution >= 4 is 17.9 Å². The SMILES string of the molecule is Cc1cc(C(=O)NNC(=O)/C(C#N)=C/c2cc(C)n(-c3ccccc3C)c2C)c(C)o1. The molecule has 0 fully saturated rings. The molecule has 0 saturated carbocycles. The molecule has 7 nitrogen and oxygen atoms in total. The zero-order valence-corrected chi connectivity index (χ0v) is 18.2. The Morgan fingerprint density at radius 3 is 2.39 bits per heavy atom. The highest BCUT2D eigenvalue weighted by atomic mass is 16.3. The van der Waals surface area contributed by atoms with E-state index >= 15 is 0 Å². The molecule has 3 aromatic rings. The van der Waals surface area contributed by atoms with Gasteiger partial charge < -0.3 is 8.98 Å². The Morgan fingerprint density at radius 2 is 1.77 bits per heavy atom. The summed E-state index contributed by atoms with van der Waals surface area (Å²) < 4.78 is 7.41. The van der Waals surface area contributed by atoms with Crippen molar-refractivity contribution in [3.05, 3.63) is 81.6 Å². The third-order valence-electron chi connectivity index (χ3n) is 5.07. The van der Waals surface area contributed by atoms with Gasteiger partial charge in [-0.15, -0.1) is 0 Å². The zero-order chi connectivity index (χ0) is 22.7. The van der Waals surface area contributed by atoms with E-state index in [2.05, 4.69) is 15.4 Å². The molecule has 7 heteroatoms. The van der Waals surface area contributed by atoms with E-state index in [1.165, 1.54) is 6.08 Å². The lowest BCUT2D eigenvalue weighted by Crippen LogP contribution is -2.42. The number of aryl methyl sites for hydroxylation is 4. The smallest absolute Gasteiger partial charge is 0.280 e. The monoisotopic (exact) mass is 416 g/mol. The summed E-state index contributed by atoms with van der Waals surface area (Å²) in [4.78, 5) is 24.7. The molecular formula is C24H24N4O3. The van der Waals surface area contributed by atoms with Gasteiger partial charge in [0.2, 0.25) is 0 Å². The lowest BCUT2D eigenvalue weighted by molar-refractivity contribution is -0.117. The molecule has 0 aliphatic heterocycles. The number of nitriles is 1. The van der Waals surface area contributed by atoms with Crippen LogP contribution in [-0.2, 0) is 4.79 Å². The van der Waals surface area contributed by atoms with Crippen LogP contribution in [0.15, 0.2) is 46.4 Å². The Labute approximate surface area is 181 Å². The second kappa shape index (κ2) is 8.76. The fourth-order valence-corrected chi connectivity index (χ4v) is 3.53. The van der Waals surface area contributed by atoms with Gasteiger partial charge in [0.25, 0.3) is 11.8 Å². The van der Waals surface area contributed by atoms with Gasteiger partial charge in [0.15, 0.2) is 0 Å². The summed E-state index contributed by atoms with van der Waals surface area (Å²) in [6.07, 6.45) is 1.52. The second-order valence-electron chi connectivity index (χ2n) is 7.35. The van der Waals surface area contributed by atoms with Crippen LogP contribution in [-0.4, -0.2) is 16.4 Å². The Bertz CT molecular complexity index is 1240. The topological polar surface area (TPSA) is 100 Å². The molecule has 1 aromatic carbocycles. The van der Waals surface area contributed by atoms with Gasteiger partial charge >= 0.3 is 0 Å². The first-order valence-corrected chi connectivity index (χ1v) is 9.77. The second-order valence-corrected chi connectivity index (χ2v) is 7.35. The highest BCUT2D eigenvalue weighted by Crippen LogP contribution is 2.24. The molecule has 3 rings (SSSR count). The van der Waals surface area contributed by atoms with E-state index in [-0.39, 0.29) is 5.57 Å². The molecule has 2 heterocycles. The molecule has 2 amide bonds. The minimum atomic E-state index is -0.700. The largest absolute Gasteiger partial charge is 0.466 e. The highest BCUT2D eigenvalue weighted by Gasteiger charge is 2.17. The van der Waals surface area contributed by atoms with Crippen LogP contribution < -0.4 is 10.9 Å². The van der Waals surface area contributed by atoms with Crippen LogP contribution in [0.1, 0.15) is 44.4 Å². The van der Waals surface area contributed by atoms with Crippen LogP contribution in [0, 0.1) is 45.9 Å². The number of nitrogens with zero attached hydrogens (tertiary/aromatic N) is 2. The molecule has 2 aromatic heterocycles. The summed E-state index contributed by atoms with van der Waals surface area (Å²) in [5, 5.41) is 9.50. The van der Waals surface area contributed by atoms with Crippen molar-refractivity contribution in [2.45, 2.75) is 34.6 Å². The Balaban J connectivity index is 1.82. The number of furan rings is 1. The third-order valence-corrected chi connectivity index (χ3v) is 5.07. The van der Waals surface area contributed by atoms with Gasteiger partial charge in [0.1, 0.15) is 23.2 Å². The average molecular weight is 416 g/mol. The van der Waals surface area contributed by atoms with Crippen molar-refractivity contribution in [1.29, 1.82) is 5.26 Å². The lowest BCUT2D eigenvalue weighted by Gasteiger charge is -2.12. The number of nitrogens with one attached hydrogen (secondary N) is 2. The fraction of sp³-hybridized carbons (Fsp3) is 0.208. The molecular weight excluding hydrogens is 392 g/mol. The summed E-state index contributed by atoms with van der Waals surface area (Å²) in [6.45, 7) is 9.33. The van der Waals surface area contributed by atoms with Crippen LogP contribution >= 0.6 is 0 Å². The standard InChI is InChI=1S/C24H24N4O3/c1-14-8-6-7-9-22(14)28-15(2)10-19(17(28)4)12-20(13-25)23(29)26-27-24(30)21-11-16(3)31-18(21)5/h6-12H,1-5H3,(H,26,29)(H,27,30)/b20-12+. The van der Waals surface area contributed by atoms with Crippen molar-refractivity contribution in [2.75, 3.05) is 0 Å². The first kappa shape index (κ1) is 21.7. The minimum Gasteiger partial charge on any atom is -0.466 e. The maximum absolute atomic E-state index is 12.5. The number of amides is 2. The molecule has 0 aliphatic rings. The summed E-state index contributed by atoms with van der Waals surface area (Å²) in [5.74, 6) is -0.174. The van der Waals surface area contributed by atoms with Gasteiger partial charge in [-0.05, 0) is 70.0 Å². The van der Waals surface area contributed by atoms with Crippen LogP contribution in [0.4, 0.5) is 0 Å². The molecule has 0 saturated heterocycles.